The van der Waals surface area contributed by atoms with Crippen LogP contribution in [0.2, 0.25) is 0 Å². The molecule has 0 fully saturated rings. The number of nitrogens with one attached hydrogen (secondary N) is 2. The van der Waals surface area contributed by atoms with Crippen molar-refractivity contribution in [1.82, 2.24) is 20.8 Å². The summed E-state index contributed by atoms with van der Waals surface area (Å²) in [4.78, 5) is 11.0. The first-order valence-corrected chi connectivity index (χ1v) is 10.5. The first-order valence-electron chi connectivity index (χ1n) is 10.5. The molecule has 1 aromatic rings. The number of aromatic nitrogens is 2. The Morgan fingerprint density at radius 2 is 2.00 bits per heavy atom. The summed E-state index contributed by atoms with van der Waals surface area (Å²) >= 11 is 0. The van der Waals surface area contributed by atoms with Crippen LogP contribution >= 0.6 is 0 Å². The third-order valence-corrected chi connectivity index (χ3v) is 5.67. The van der Waals surface area contributed by atoms with Crippen LogP contribution in [-0.2, 0) is 16.6 Å². The van der Waals surface area contributed by atoms with E-state index in [0.717, 1.165) is 31.8 Å². The first kappa shape index (κ1) is 22.6. The highest BCUT2D eigenvalue weighted by Crippen LogP contribution is 2.38. The van der Waals surface area contributed by atoms with Crippen molar-refractivity contribution in [3.63, 3.8) is 0 Å². The molecule has 28 heavy (non-hydrogen) atoms. The van der Waals surface area contributed by atoms with Crippen molar-refractivity contribution in [2.24, 2.45) is 23.7 Å². The predicted octanol–water partition coefficient (Wildman–Crippen LogP) is 3.49. The van der Waals surface area contributed by atoms with E-state index in [1.807, 2.05) is 0 Å². The Balaban J connectivity index is 1.99. The Kier molecular flexibility index (Phi) is 7.81. The second-order valence-electron chi connectivity index (χ2n) is 9.56. The van der Waals surface area contributed by atoms with Crippen molar-refractivity contribution < 1.29 is 9.21 Å². The molecule has 2 rings (SSSR count). The van der Waals surface area contributed by atoms with E-state index in [1.54, 1.807) is 6.92 Å². The predicted molar refractivity (Wildman–Crippen MR) is 112 cm³/mol. The molecule has 0 spiro atoms. The number of carbonyl (C=O) groups excluding carboxylic acids is 1. The molecule has 3 atom stereocenters. The fourth-order valence-electron chi connectivity index (χ4n) is 3.95. The normalized spacial score (nSPS) is 23.0. The molecule has 1 heterocycles. The molecule has 2 N–H and O–H groups in total. The summed E-state index contributed by atoms with van der Waals surface area (Å²) in [6.45, 7) is 17.1. The summed E-state index contributed by atoms with van der Waals surface area (Å²) < 4.78 is 5.94. The Morgan fingerprint density at radius 1 is 1.29 bits per heavy atom. The molecule has 6 nitrogen and oxygen atoms in total. The average Bonchev–Trinajstić information content (AvgIpc) is 3.05. The third kappa shape index (κ3) is 6.43. The van der Waals surface area contributed by atoms with Crippen LogP contribution in [0.1, 0.15) is 66.7 Å². The number of rotatable bonds is 8. The van der Waals surface area contributed by atoms with Crippen LogP contribution in [0.25, 0.3) is 0 Å². The lowest BCUT2D eigenvalue weighted by atomic mass is 9.70. The zero-order chi connectivity index (χ0) is 20.9. The van der Waals surface area contributed by atoms with Crippen molar-refractivity contribution in [3.05, 3.63) is 23.4 Å². The van der Waals surface area contributed by atoms with E-state index in [9.17, 15) is 4.79 Å². The monoisotopic (exact) mass is 390 g/mol. The van der Waals surface area contributed by atoms with E-state index < -0.39 is 0 Å². The summed E-state index contributed by atoms with van der Waals surface area (Å²) in [5, 5.41) is 14.9. The Labute approximate surface area is 169 Å². The Morgan fingerprint density at radius 3 is 2.57 bits per heavy atom. The van der Waals surface area contributed by atoms with Gasteiger partial charge in [-0.25, -0.2) is 0 Å². The Hall–Kier alpha value is -1.69. The molecule has 0 saturated heterocycles. The topological polar surface area (TPSA) is 80.0 Å². The molecule has 6 heteroatoms. The number of hydrogen-bond acceptors (Lipinski definition) is 5. The Bertz CT molecular complexity index is 672. The van der Waals surface area contributed by atoms with Gasteiger partial charge in [0.1, 0.15) is 0 Å². The van der Waals surface area contributed by atoms with Crippen molar-refractivity contribution in [1.29, 1.82) is 0 Å². The second-order valence-corrected chi connectivity index (χ2v) is 9.56. The highest BCUT2D eigenvalue weighted by atomic mass is 16.4. The minimum Gasteiger partial charge on any atom is -0.425 e. The van der Waals surface area contributed by atoms with Gasteiger partial charge < -0.3 is 15.1 Å². The molecule has 1 amide bonds. The number of nitrogens with zero attached hydrogens (tertiary/aromatic N) is 2. The molecular formula is C22H38N4O2. The lowest BCUT2D eigenvalue weighted by Gasteiger charge is -2.37. The van der Waals surface area contributed by atoms with Gasteiger partial charge in [0.2, 0.25) is 17.7 Å². The zero-order valence-electron chi connectivity index (χ0n) is 18.6. The van der Waals surface area contributed by atoms with Crippen LogP contribution in [0.5, 0.6) is 0 Å². The number of hydrogen-bond donors (Lipinski definition) is 2. The SMILES string of the molecule is CC(=O)NCCNC[C@@H]1C=C(C)[C@H](Cc2nnc(C(C)(C)C)o2)C[C@H]1C(C)C. The van der Waals surface area contributed by atoms with E-state index in [4.69, 9.17) is 4.42 Å². The molecule has 0 saturated carbocycles. The smallest absolute Gasteiger partial charge is 0.221 e. The second kappa shape index (κ2) is 9.68. The summed E-state index contributed by atoms with van der Waals surface area (Å²) in [7, 11) is 0. The maximum atomic E-state index is 11.0. The molecule has 0 radical (unpaired) electrons. The summed E-state index contributed by atoms with van der Waals surface area (Å²) in [6.07, 6.45) is 4.40. The van der Waals surface area contributed by atoms with Crippen LogP contribution in [-0.4, -0.2) is 35.7 Å². The standard InChI is InChI=1S/C22H38N4O2/c1-14(2)19-11-17(12-20-25-26-21(28-20)22(5,6)7)15(3)10-18(19)13-23-8-9-24-16(4)27/h10,14,17-19,23H,8-9,11-13H2,1-7H3,(H,24,27)/t17-,18-,19-/m0/s1. The summed E-state index contributed by atoms with van der Waals surface area (Å²) in [5.41, 5.74) is 1.30. The minimum absolute atomic E-state index is 0.0220. The van der Waals surface area contributed by atoms with Gasteiger partial charge in [-0.1, -0.05) is 46.3 Å². The van der Waals surface area contributed by atoms with E-state index in [1.165, 1.54) is 5.57 Å². The molecule has 1 aromatic heterocycles. The van der Waals surface area contributed by atoms with Crippen molar-refractivity contribution >= 4 is 5.91 Å². The van der Waals surface area contributed by atoms with Crippen LogP contribution in [0, 0.1) is 23.7 Å². The van der Waals surface area contributed by atoms with E-state index >= 15 is 0 Å². The maximum absolute atomic E-state index is 11.0. The average molecular weight is 391 g/mol. The number of carbonyl (C=O) groups is 1. The molecule has 0 bridgehead atoms. The maximum Gasteiger partial charge on any atom is 0.221 e. The first-order chi connectivity index (χ1) is 13.1. The highest BCUT2D eigenvalue weighted by molar-refractivity contribution is 5.72. The fraction of sp³-hybridized carbons (Fsp3) is 0.773. The zero-order valence-corrected chi connectivity index (χ0v) is 18.6. The van der Waals surface area contributed by atoms with Gasteiger partial charge in [-0.15, -0.1) is 10.2 Å². The van der Waals surface area contributed by atoms with Gasteiger partial charge in [0.15, 0.2) is 0 Å². The van der Waals surface area contributed by atoms with Gasteiger partial charge in [-0.05, 0) is 37.0 Å². The largest absolute Gasteiger partial charge is 0.425 e. The third-order valence-electron chi connectivity index (χ3n) is 5.67. The van der Waals surface area contributed by atoms with Crippen LogP contribution < -0.4 is 10.6 Å². The molecule has 0 aliphatic heterocycles. The van der Waals surface area contributed by atoms with Gasteiger partial charge in [-0.2, -0.15) is 0 Å². The van der Waals surface area contributed by atoms with Crippen LogP contribution in [0.4, 0.5) is 0 Å². The van der Waals surface area contributed by atoms with Crippen LogP contribution in [0.15, 0.2) is 16.1 Å². The van der Waals surface area contributed by atoms with Crippen molar-refractivity contribution in [2.45, 2.75) is 66.7 Å². The minimum atomic E-state index is -0.114. The van der Waals surface area contributed by atoms with Gasteiger partial charge >= 0.3 is 0 Å². The van der Waals surface area contributed by atoms with E-state index in [0.29, 0.717) is 36.1 Å². The van der Waals surface area contributed by atoms with Crippen molar-refractivity contribution in [3.8, 4) is 0 Å². The molecule has 1 aliphatic rings. The lowest BCUT2D eigenvalue weighted by molar-refractivity contribution is -0.118. The summed E-state index contributed by atoms with van der Waals surface area (Å²) in [5.74, 6) is 3.68. The highest BCUT2D eigenvalue weighted by Gasteiger charge is 2.32. The van der Waals surface area contributed by atoms with Crippen molar-refractivity contribution in [2.75, 3.05) is 19.6 Å². The van der Waals surface area contributed by atoms with Crippen LogP contribution in [0.3, 0.4) is 0 Å². The summed E-state index contributed by atoms with van der Waals surface area (Å²) in [6, 6.07) is 0. The number of allylic oxidation sites excluding steroid dienone is 1. The molecular weight excluding hydrogens is 352 g/mol. The van der Waals surface area contributed by atoms with E-state index in [-0.39, 0.29) is 11.3 Å². The van der Waals surface area contributed by atoms with E-state index in [2.05, 4.69) is 68.4 Å². The molecule has 0 aromatic carbocycles. The fourth-order valence-corrected chi connectivity index (χ4v) is 3.95. The quantitative estimate of drug-likeness (QED) is 0.525. The number of amides is 1. The van der Waals surface area contributed by atoms with Gasteiger partial charge in [0.05, 0.1) is 0 Å². The molecule has 0 unspecified atom stereocenters. The van der Waals surface area contributed by atoms with Gasteiger partial charge in [0, 0.05) is 38.4 Å². The van der Waals surface area contributed by atoms with Gasteiger partial charge in [0.25, 0.3) is 0 Å². The molecule has 158 valence electrons. The molecule has 1 aliphatic carbocycles. The lowest BCUT2D eigenvalue weighted by Crippen LogP contribution is -2.37. The van der Waals surface area contributed by atoms with Gasteiger partial charge in [-0.3, -0.25) is 4.79 Å².